The lowest BCUT2D eigenvalue weighted by Crippen LogP contribution is -2.45. The molecule has 0 aromatic heterocycles. The number of benzene rings is 1. The molecule has 0 bridgehead atoms. The van der Waals surface area contributed by atoms with Crippen LogP contribution >= 0.6 is 0 Å². The van der Waals surface area contributed by atoms with Crippen LogP contribution in [-0.2, 0) is 16.0 Å². The van der Waals surface area contributed by atoms with Gasteiger partial charge in [0.2, 0.25) is 0 Å². The van der Waals surface area contributed by atoms with Crippen molar-refractivity contribution in [2.45, 2.75) is 45.1 Å². The van der Waals surface area contributed by atoms with E-state index in [0.29, 0.717) is 13.2 Å². The lowest BCUT2D eigenvalue weighted by atomic mass is 10.1. The first-order valence-electron chi connectivity index (χ1n) is 7.83. The molecule has 1 aromatic carbocycles. The largest absolute Gasteiger partial charge is 0.465 e. The van der Waals surface area contributed by atoms with Crippen LogP contribution in [-0.4, -0.2) is 47.1 Å². The fourth-order valence-corrected chi connectivity index (χ4v) is 2.54. The van der Waals surface area contributed by atoms with Crippen LogP contribution in [0.2, 0.25) is 0 Å². The van der Waals surface area contributed by atoms with Crippen molar-refractivity contribution in [1.29, 1.82) is 0 Å². The predicted molar refractivity (Wildman–Crippen MR) is 88.4 cm³/mol. The molecule has 126 valence electrons. The molecule has 1 amide bonds. The molecule has 1 aromatic rings. The highest BCUT2D eigenvalue weighted by Crippen LogP contribution is 2.20. The van der Waals surface area contributed by atoms with Gasteiger partial charge < -0.3 is 19.5 Å². The third-order valence-electron chi connectivity index (χ3n) is 3.47. The van der Waals surface area contributed by atoms with Gasteiger partial charge in [0.15, 0.2) is 0 Å². The summed E-state index contributed by atoms with van der Waals surface area (Å²) in [7, 11) is 0. The minimum Gasteiger partial charge on any atom is -0.465 e. The molecule has 0 unspecified atom stereocenters. The lowest BCUT2D eigenvalue weighted by Gasteiger charge is -2.33. The maximum atomic E-state index is 11.6. The van der Waals surface area contributed by atoms with Gasteiger partial charge in [-0.05, 0) is 26.3 Å². The van der Waals surface area contributed by atoms with E-state index in [4.69, 9.17) is 9.47 Å². The Hall–Kier alpha value is -1.85. The molecule has 0 aliphatic carbocycles. The summed E-state index contributed by atoms with van der Waals surface area (Å²) in [5.41, 5.74) is 0.578. The number of amides is 1. The van der Waals surface area contributed by atoms with Crippen LogP contribution in [0.15, 0.2) is 42.5 Å². The number of rotatable bonds is 6. The summed E-state index contributed by atoms with van der Waals surface area (Å²) in [5, 5.41) is 9.54. The van der Waals surface area contributed by atoms with Crippen molar-refractivity contribution in [2.24, 2.45) is 0 Å². The smallest absolute Gasteiger partial charge is 0.407 e. The van der Waals surface area contributed by atoms with Gasteiger partial charge in [-0.3, -0.25) is 0 Å². The fourth-order valence-electron chi connectivity index (χ4n) is 2.54. The molecule has 0 saturated heterocycles. The van der Waals surface area contributed by atoms with Crippen molar-refractivity contribution in [3.05, 3.63) is 48.0 Å². The topological polar surface area (TPSA) is 59.0 Å². The minimum atomic E-state index is -0.960. The van der Waals surface area contributed by atoms with Gasteiger partial charge in [0, 0.05) is 6.54 Å². The van der Waals surface area contributed by atoms with Crippen LogP contribution in [0, 0.1) is 0 Å². The molecule has 1 heterocycles. The van der Waals surface area contributed by atoms with Crippen molar-refractivity contribution in [2.75, 3.05) is 13.2 Å². The molecule has 0 saturated carbocycles. The summed E-state index contributed by atoms with van der Waals surface area (Å²) in [4.78, 5) is 13.0. The van der Waals surface area contributed by atoms with Crippen LogP contribution in [0.25, 0.3) is 0 Å². The first-order valence-corrected chi connectivity index (χ1v) is 7.83. The second kappa shape index (κ2) is 7.62. The van der Waals surface area contributed by atoms with Gasteiger partial charge in [0.1, 0.15) is 12.2 Å². The molecule has 0 spiro atoms. The first-order chi connectivity index (χ1) is 10.8. The number of hydrogen-bond acceptors (Lipinski definition) is 3. The molecule has 2 atom stereocenters. The molecule has 1 aliphatic heterocycles. The third-order valence-corrected chi connectivity index (χ3v) is 3.47. The van der Waals surface area contributed by atoms with Crippen LogP contribution in [0.5, 0.6) is 0 Å². The van der Waals surface area contributed by atoms with Gasteiger partial charge in [0.05, 0.1) is 18.8 Å². The zero-order chi connectivity index (χ0) is 16.9. The molecule has 1 N–H and O–H groups in total. The van der Waals surface area contributed by atoms with Crippen LogP contribution in [0.3, 0.4) is 0 Å². The Kier molecular flexibility index (Phi) is 5.80. The van der Waals surface area contributed by atoms with E-state index in [9.17, 15) is 9.90 Å². The second-order valence-corrected chi connectivity index (χ2v) is 6.64. The maximum absolute atomic E-state index is 11.6. The molecular weight excluding hydrogens is 294 g/mol. The molecule has 5 nitrogen and oxygen atoms in total. The van der Waals surface area contributed by atoms with Crippen LogP contribution in [0.4, 0.5) is 4.79 Å². The highest BCUT2D eigenvalue weighted by atomic mass is 16.6. The average molecular weight is 319 g/mol. The fraction of sp³-hybridized carbons (Fsp3) is 0.500. The number of ether oxygens (including phenoxy) is 2. The standard InChI is InChI=1S/C18H25NO4/c1-18(2,3)23-16(15-10-7-11-22-15)13-19(17(20)21)12-14-8-5-4-6-9-14/h4-10,15-16H,11-13H2,1-3H3,(H,20,21)/t15-,16-/m0/s1. The van der Waals surface area contributed by atoms with E-state index >= 15 is 0 Å². The summed E-state index contributed by atoms with van der Waals surface area (Å²) in [6.07, 6.45) is 2.36. The average Bonchev–Trinajstić information content (AvgIpc) is 2.99. The van der Waals surface area contributed by atoms with E-state index in [0.717, 1.165) is 5.56 Å². The quantitative estimate of drug-likeness (QED) is 0.817. The Morgan fingerprint density at radius 1 is 1.39 bits per heavy atom. The molecule has 0 radical (unpaired) electrons. The Balaban J connectivity index is 2.10. The summed E-state index contributed by atoms with van der Waals surface area (Å²) >= 11 is 0. The minimum absolute atomic E-state index is 0.216. The van der Waals surface area contributed by atoms with E-state index < -0.39 is 6.09 Å². The number of nitrogens with zero attached hydrogens (tertiary/aromatic N) is 1. The van der Waals surface area contributed by atoms with Gasteiger partial charge >= 0.3 is 6.09 Å². The number of hydrogen-bond donors (Lipinski definition) is 1. The summed E-state index contributed by atoms with van der Waals surface area (Å²) in [5.74, 6) is 0. The van der Waals surface area contributed by atoms with Crippen molar-refractivity contribution in [3.63, 3.8) is 0 Å². The Morgan fingerprint density at radius 3 is 2.61 bits per heavy atom. The normalized spacial score (nSPS) is 18.8. The molecule has 23 heavy (non-hydrogen) atoms. The van der Waals surface area contributed by atoms with Crippen molar-refractivity contribution < 1.29 is 19.4 Å². The van der Waals surface area contributed by atoms with E-state index in [1.165, 1.54) is 4.90 Å². The Bertz CT molecular complexity index is 536. The number of carbonyl (C=O) groups is 1. The van der Waals surface area contributed by atoms with E-state index in [2.05, 4.69) is 0 Å². The van der Waals surface area contributed by atoms with E-state index in [1.807, 2.05) is 63.3 Å². The van der Waals surface area contributed by atoms with Gasteiger partial charge in [-0.15, -0.1) is 0 Å². The highest BCUT2D eigenvalue weighted by molar-refractivity contribution is 5.65. The first kappa shape index (κ1) is 17.5. The summed E-state index contributed by atoms with van der Waals surface area (Å²) in [6, 6.07) is 9.56. The SMILES string of the molecule is CC(C)(C)O[C@@H](CN(Cc1ccccc1)C(=O)O)[C@@H]1C=CCO1. The zero-order valence-electron chi connectivity index (χ0n) is 13.9. The van der Waals surface area contributed by atoms with Crippen molar-refractivity contribution in [3.8, 4) is 0 Å². The van der Waals surface area contributed by atoms with Crippen molar-refractivity contribution >= 4 is 6.09 Å². The summed E-state index contributed by atoms with van der Waals surface area (Å²) < 4.78 is 11.7. The molecule has 2 rings (SSSR count). The molecular formula is C18H25NO4. The molecule has 1 aliphatic rings. The lowest BCUT2D eigenvalue weighted by molar-refractivity contribution is -0.115. The highest BCUT2D eigenvalue weighted by Gasteiger charge is 2.31. The van der Waals surface area contributed by atoms with Crippen molar-refractivity contribution in [1.82, 2.24) is 4.90 Å². The van der Waals surface area contributed by atoms with E-state index in [-0.39, 0.29) is 24.4 Å². The summed E-state index contributed by atoms with van der Waals surface area (Å²) in [6.45, 7) is 7.01. The molecule has 0 fully saturated rings. The van der Waals surface area contributed by atoms with Gasteiger partial charge in [0.25, 0.3) is 0 Å². The van der Waals surface area contributed by atoms with Gasteiger partial charge in [-0.25, -0.2) is 4.79 Å². The molecule has 5 heteroatoms. The Labute approximate surface area is 137 Å². The zero-order valence-corrected chi connectivity index (χ0v) is 13.9. The Morgan fingerprint density at radius 2 is 2.09 bits per heavy atom. The van der Waals surface area contributed by atoms with Gasteiger partial charge in [-0.1, -0.05) is 42.5 Å². The monoisotopic (exact) mass is 319 g/mol. The van der Waals surface area contributed by atoms with Gasteiger partial charge in [-0.2, -0.15) is 0 Å². The predicted octanol–water partition coefficient (Wildman–Crippen LogP) is 3.31. The van der Waals surface area contributed by atoms with Crippen LogP contribution < -0.4 is 0 Å². The number of carboxylic acid groups (broad SMARTS) is 1. The maximum Gasteiger partial charge on any atom is 0.407 e. The van der Waals surface area contributed by atoms with E-state index in [1.54, 1.807) is 0 Å². The van der Waals surface area contributed by atoms with Crippen LogP contribution in [0.1, 0.15) is 26.3 Å². The second-order valence-electron chi connectivity index (χ2n) is 6.64. The third kappa shape index (κ3) is 5.69.